The fourth-order valence-corrected chi connectivity index (χ4v) is 5.03. The number of aromatic nitrogens is 2. The van der Waals surface area contributed by atoms with Crippen molar-refractivity contribution in [2.75, 3.05) is 6.54 Å². The van der Waals surface area contributed by atoms with Crippen LogP contribution in [0.15, 0.2) is 17.3 Å². The van der Waals surface area contributed by atoms with Crippen molar-refractivity contribution in [3.63, 3.8) is 0 Å². The van der Waals surface area contributed by atoms with E-state index in [0.29, 0.717) is 17.5 Å². The molecular formula is C41H80N4O. The van der Waals surface area contributed by atoms with E-state index >= 15 is 0 Å². The Morgan fingerprint density at radius 3 is 1.89 bits per heavy atom. The van der Waals surface area contributed by atoms with Gasteiger partial charge in [0, 0.05) is 30.6 Å². The van der Waals surface area contributed by atoms with Crippen LogP contribution in [0.1, 0.15) is 197 Å². The SMILES string of the molecule is CC1CCC(=O)NC1.CCC(C)=C(C)C(C)=N.CCC(C)CC1(CC)CC1.CCC(C)CCCC(C)c1cnc(C)[nH]1.CCCC. The van der Waals surface area contributed by atoms with Gasteiger partial charge in [-0.05, 0) is 101 Å². The highest BCUT2D eigenvalue weighted by Crippen LogP contribution is 2.53. The van der Waals surface area contributed by atoms with Crippen LogP contribution in [0.25, 0.3) is 0 Å². The van der Waals surface area contributed by atoms with Gasteiger partial charge in [-0.1, -0.05) is 120 Å². The monoisotopic (exact) mass is 645 g/mol. The minimum absolute atomic E-state index is 0.211. The van der Waals surface area contributed by atoms with Crippen LogP contribution in [0, 0.1) is 35.5 Å². The number of aryl methyl sites for hydroxylation is 1. The first-order valence-corrected chi connectivity index (χ1v) is 19.1. The van der Waals surface area contributed by atoms with E-state index in [-0.39, 0.29) is 5.91 Å². The Hall–Kier alpha value is -1.91. The largest absolute Gasteiger partial charge is 0.356 e. The predicted molar refractivity (Wildman–Crippen MR) is 205 cm³/mol. The average Bonchev–Trinajstić information content (AvgIpc) is 3.69. The summed E-state index contributed by atoms with van der Waals surface area (Å²) in [4.78, 5) is 18.1. The summed E-state index contributed by atoms with van der Waals surface area (Å²) in [6.45, 7) is 31.3. The zero-order valence-corrected chi connectivity index (χ0v) is 33.3. The van der Waals surface area contributed by atoms with Crippen LogP contribution < -0.4 is 5.32 Å². The van der Waals surface area contributed by atoms with Crippen molar-refractivity contribution in [3.05, 3.63) is 28.9 Å². The van der Waals surface area contributed by atoms with Crippen molar-refractivity contribution in [2.24, 2.45) is 23.2 Å². The normalized spacial score (nSPS) is 18.6. The standard InChI is InChI=1S/C13H24N2.C10H20.C8H15N.C6H11NO.C4H10/c1-5-10(2)7-6-8-11(3)13-9-14-12(4)15-13;1-4-9(3)8-10(5-2)6-7-10;1-5-6(2)7(3)8(4)9;1-5-2-3-6(8)7-4-5;1-3-4-2/h9-11H,5-8H2,1-4H3,(H,14,15);9H,4-8H2,1-3H3;9H,5H2,1-4H3;5H,2-4H2,1H3,(H,7,8);3-4H2,1-2H3. The van der Waals surface area contributed by atoms with Crippen molar-refractivity contribution in [2.45, 2.75) is 193 Å². The minimum atomic E-state index is 0.211. The molecule has 1 aliphatic heterocycles. The van der Waals surface area contributed by atoms with Gasteiger partial charge in [0.25, 0.3) is 0 Å². The van der Waals surface area contributed by atoms with Crippen molar-refractivity contribution in [1.29, 1.82) is 5.41 Å². The van der Waals surface area contributed by atoms with Crippen LogP contribution in [0.4, 0.5) is 0 Å². The number of unbranched alkanes of at least 4 members (excludes halogenated alkanes) is 1. The summed E-state index contributed by atoms with van der Waals surface area (Å²) in [7, 11) is 0. The molecule has 1 amide bonds. The van der Waals surface area contributed by atoms with Gasteiger partial charge >= 0.3 is 0 Å². The molecule has 2 fully saturated rings. The van der Waals surface area contributed by atoms with Gasteiger partial charge in [-0.3, -0.25) is 4.79 Å². The van der Waals surface area contributed by atoms with E-state index in [9.17, 15) is 4.79 Å². The number of carbonyl (C=O) groups excluding carboxylic acids is 1. The summed E-state index contributed by atoms with van der Waals surface area (Å²) in [5.74, 6) is 4.38. The molecule has 4 unspecified atom stereocenters. The van der Waals surface area contributed by atoms with Crippen molar-refractivity contribution < 1.29 is 4.79 Å². The third-order valence-electron chi connectivity index (χ3n) is 10.2. The van der Waals surface area contributed by atoms with E-state index in [4.69, 9.17) is 5.41 Å². The van der Waals surface area contributed by atoms with Gasteiger partial charge in [-0.2, -0.15) is 0 Å². The van der Waals surface area contributed by atoms with Gasteiger partial charge in [0.15, 0.2) is 0 Å². The van der Waals surface area contributed by atoms with Crippen LogP contribution in [0.5, 0.6) is 0 Å². The Kier molecular flexibility index (Phi) is 27.2. The molecule has 0 radical (unpaired) electrons. The van der Waals surface area contributed by atoms with Gasteiger partial charge < -0.3 is 15.7 Å². The Balaban J connectivity index is 0. The number of amides is 1. The molecule has 0 aromatic carbocycles. The molecule has 3 N–H and O–H groups in total. The Labute approximate surface area is 287 Å². The van der Waals surface area contributed by atoms with Crippen LogP contribution in [0.2, 0.25) is 0 Å². The molecule has 3 rings (SSSR count). The molecule has 1 aliphatic carbocycles. The Morgan fingerprint density at radius 2 is 1.57 bits per heavy atom. The van der Waals surface area contributed by atoms with E-state index < -0.39 is 0 Å². The molecule has 1 aromatic rings. The molecule has 2 aliphatic rings. The highest BCUT2D eigenvalue weighted by molar-refractivity contribution is 5.95. The van der Waals surface area contributed by atoms with Gasteiger partial charge in [-0.25, -0.2) is 4.98 Å². The summed E-state index contributed by atoms with van der Waals surface area (Å²) in [5.41, 5.74) is 5.25. The number of piperidine rings is 1. The molecule has 0 bridgehead atoms. The Morgan fingerprint density at radius 1 is 0.978 bits per heavy atom. The number of carbonyl (C=O) groups is 1. The van der Waals surface area contributed by atoms with Gasteiger partial charge in [0.2, 0.25) is 5.91 Å². The van der Waals surface area contributed by atoms with E-state index in [0.717, 1.165) is 54.5 Å². The second kappa shape index (κ2) is 27.1. The molecule has 1 saturated carbocycles. The predicted octanol–water partition coefficient (Wildman–Crippen LogP) is 12.8. The van der Waals surface area contributed by atoms with Gasteiger partial charge in [-0.15, -0.1) is 0 Å². The number of hydrogen-bond acceptors (Lipinski definition) is 3. The third kappa shape index (κ3) is 23.4. The smallest absolute Gasteiger partial charge is 0.220 e. The molecule has 46 heavy (non-hydrogen) atoms. The van der Waals surface area contributed by atoms with Crippen LogP contribution in [-0.4, -0.2) is 28.1 Å². The van der Waals surface area contributed by atoms with E-state index in [1.165, 1.54) is 81.9 Å². The van der Waals surface area contributed by atoms with Gasteiger partial charge in [0.1, 0.15) is 5.82 Å². The van der Waals surface area contributed by atoms with E-state index in [2.05, 4.69) is 91.4 Å². The topological polar surface area (TPSA) is 81.6 Å². The quantitative estimate of drug-likeness (QED) is 0.187. The fraction of sp³-hybridized carbons (Fsp3) is 0.829. The molecule has 1 saturated heterocycles. The molecule has 4 atom stereocenters. The Bertz CT molecular complexity index is 930. The van der Waals surface area contributed by atoms with Crippen molar-refractivity contribution in [3.8, 4) is 0 Å². The number of imidazole rings is 1. The molecule has 5 nitrogen and oxygen atoms in total. The third-order valence-corrected chi connectivity index (χ3v) is 10.2. The summed E-state index contributed by atoms with van der Waals surface area (Å²) in [6.07, 6.45) is 20.0. The molecule has 0 spiro atoms. The lowest BCUT2D eigenvalue weighted by Crippen LogP contribution is -2.33. The first-order valence-electron chi connectivity index (χ1n) is 19.1. The van der Waals surface area contributed by atoms with Gasteiger partial charge in [0.05, 0.1) is 0 Å². The number of hydrogen-bond donors (Lipinski definition) is 3. The number of rotatable bonds is 13. The lowest BCUT2D eigenvalue weighted by Gasteiger charge is -2.17. The summed E-state index contributed by atoms with van der Waals surface area (Å²) in [6, 6.07) is 0. The first kappa shape index (κ1) is 46.2. The van der Waals surface area contributed by atoms with Crippen LogP contribution in [-0.2, 0) is 4.79 Å². The summed E-state index contributed by atoms with van der Waals surface area (Å²) < 4.78 is 0. The van der Waals surface area contributed by atoms with Crippen LogP contribution >= 0.6 is 0 Å². The molecule has 1 aromatic heterocycles. The molecule has 5 heteroatoms. The highest BCUT2D eigenvalue weighted by Gasteiger charge is 2.40. The van der Waals surface area contributed by atoms with Crippen molar-refractivity contribution in [1.82, 2.24) is 15.3 Å². The second-order valence-electron chi connectivity index (χ2n) is 14.7. The number of nitrogens with one attached hydrogen (secondary N) is 3. The van der Waals surface area contributed by atoms with E-state index in [1.807, 2.05) is 27.0 Å². The molecular weight excluding hydrogens is 564 g/mol. The minimum Gasteiger partial charge on any atom is -0.356 e. The van der Waals surface area contributed by atoms with E-state index in [1.54, 1.807) is 0 Å². The number of H-pyrrole nitrogens is 1. The zero-order valence-electron chi connectivity index (χ0n) is 33.3. The number of aromatic amines is 1. The highest BCUT2D eigenvalue weighted by atomic mass is 16.1. The first-order chi connectivity index (χ1) is 21.6. The second-order valence-corrected chi connectivity index (χ2v) is 14.7. The maximum atomic E-state index is 10.5. The molecule has 270 valence electrons. The van der Waals surface area contributed by atoms with Crippen LogP contribution in [0.3, 0.4) is 0 Å². The maximum Gasteiger partial charge on any atom is 0.220 e. The lowest BCUT2D eigenvalue weighted by atomic mass is 9.90. The number of allylic oxidation sites excluding steroid dienone is 2. The summed E-state index contributed by atoms with van der Waals surface area (Å²) >= 11 is 0. The zero-order chi connectivity index (χ0) is 35.7. The number of nitrogens with zero attached hydrogens (tertiary/aromatic N) is 1. The fourth-order valence-electron chi connectivity index (χ4n) is 5.03. The maximum absolute atomic E-state index is 10.5. The van der Waals surface area contributed by atoms with Crippen molar-refractivity contribution >= 4 is 11.6 Å². The molecule has 2 heterocycles. The summed E-state index contributed by atoms with van der Waals surface area (Å²) in [5, 5.41) is 10.1. The lowest BCUT2D eigenvalue weighted by molar-refractivity contribution is -0.122. The average molecular weight is 645 g/mol.